The van der Waals surface area contributed by atoms with Gasteiger partial charge in [-0.05, 0) is 23.8 Å². The minimum absolute atomic E-state index is 0.0801. The summed E-state index contributed by atoms with van der Waals surface area (Å²) in [6, 6.07) is 17.2. The number of aryl methyl sites for hydroxylation is 1. The monoisotopic (exact) mass is 342 g/mol. The molecule has 1 N–H and O–H groups in total. The summed E-state index contributed by atoms with van der Waals surface area (Å²) in [5.41, 5.74) is 2.49. The second-order valence-electron chi connectivity index (χ2n) is 5.70. The molecule has 0 aliphatic carbocycles. The van der Waals surface area contributed by atoms with Gasteiger partial charge in [-0.3, -0.25) is 4.79 Å². The van der Waals surface area contributed by atoms with Crippen LogP contribution in [0.3, 0.4) is 0 Å². The Bertz CT molecular complexity index is 858. The number of fused-ring (bicyclic) bond motifs is 1. The first-order valence-electron chi connectivity index (χ1n) is 7.80. The molecule has 2 aromatic carbocycles. The molecule has 1 amide bonds. The molecule has 124 valence electrons. The van der Waals surface area contributed by atoms with Crippen LogP contribution >= 0.6 is 11.6 Å². The molecule has 5 heteroatoms. The second kappa shape index (κ2) is 7.07. The summed E-state index contributed by atoms with van der Waals surface area (Å²) in [4.78, 5) is 14.6. The summed E-state index contributed by atoms with van der Waals surface area (Å²) in [5.74, 6) is -0.123. The fourth-order valence-electron chi connectivity index (χ4n) is 2.87. The van der Waals surface area contributed by atoms with Crippen LogP contribution in [0.4, 0.5) is 0 Å². The van der Waals surface area contributed by atoms with Gasteiger partial charge in [0.25, 0.3) is 5.91 Å². The van der Waals surface area contributed by atoms with Gasteiger partial charge in [0.15, 0.2) is 0 Å². The number of aliphatic hydroxyl groups excluding tert-OH is 1. The molecule has 1 aromatic heterocycles. The lowest BCUT2D eigenvalue weighted by Crippen LogP contribution is -2.34. The molecule has 3 rings (SSSR count). The van der Waals surface area contributed by atoms with Gasteiger partial charge in [0, 0.05) is 36.1 Å². The first-order valence-corrected chi connectivity index (χ1v) is 8.17. The number of hydrogen-bond acceptors (Lipinski definition) is 2. The number of aliphatic hydroxyl groups is 1. The molecule has 3 aromatic rings. The molecule has 0 saturated heterocycles. The number of carbonyl (C=O) groups is 1. The fourth-order valence-corrected chi connectivity index (χ4v) is 3.09. The van der Waals surface area contributed by atoms with Gasteiger partial charge in [0.1, 0.15) is 5.69 Å². The van der Waals surface area contributed by atoms with Crippen LogP contribution in [0, 0.1) is 0 Å². The van der Waals surface area contributed by atoms with Gasteiger partial charge in [-0.1, -0.05) is 48.0 Å². The lowest BCUT2D eigenvalue weighted by Gasteiger charge is -2.22. The summed E-state index contributed by atoms with van der Waals surface area (Å²) < 4.78 is 1.85. The van der Waals surface area contributed by atoms with E-state index in [0.29, 0.717) is 17.3 Å². The van der Waals surface area contributed by atoms with Gasteiger partial charge in [-0.15, -0.1) is 0 Å². The number of hydrogen-bond donors (Lipinski definition) is 1. The van der Waals surface area contributed by atoms with Gasteiger partial charge in [0.05, 0.1) is 6.61 Å². The predicted molar refractivity (Wildman–Crippen MR) is 96.2 cm³/mol. The molecule has 0 saturated carbocycles. The van der Waals surface area contributed by atoms with E-state index in [4.69, 9.17) is 11.6 Å². The van der Waals surface area contributed by atoms with Crippen LogP contribution < -0.4 is 0 Å². The molecule has 0 atom stereocenters. The van der Waals surface area contributed by atoms with Crippen molar-refractivity contribution in [2.45, 2.75) is 6.54 Å². The van der Waals surface area contributed by atoms with Crippen molar-refractivity contribution in [2.24, 2.45) is 7.05 Å². The average Bonchev–Trinajstić information content (AvgIpc) is 2.93. The minimum atomic E-state index is -0.123. The van der Waals surface area contributed by atoms with E-state index in [1.807, 2.05) is 66.2 Å². The van der Waals surface area contributed by atoms with Crippen molar-refractivity contribution in [3.63, 3.8) is 0 Å². The summed E-state index contributed by atoms with van der Waals surface area (Å²) in [5, 5.41) is 10.8. The third-order valence-corrected chi connectivity index (χ3v) is 4.46. The van der Waals surface area contributed by atoms with Crippen LogP contribution in [0.25, 0.3) is 10.9 Å². The van der Waals surface area contributed by atoms with Crippen molar-refractivity contribution in [3.8, 4) is 0 Å². The zero-order valence-corrected chi connectivity index (χ0v) is 14.2. The van der Waals surface area contributed by atoms with E-state index in [-0.39, 0.29) is 19.1 Å². The minimum Gasteiger partial charge on any atom is -0.395 e. The molecule has 24 heavy (non-hydrogen) atoms. The highest BCUT2D eigenvalue weighted by Crippen LogP contribution is 2.27. The second-order valence-corrected chi connectivity index (χ2v) is 6.10. The highest BCUT2D eigenvalue weighted by Gasteiger charge is 2.20. The Morgan fingerprint density at radius 2 is 1.92 bits per heavy atom. The van der Waals surface area contributed by atoms with E-state index in [1.165, 1.54) is 0 Å². The summed E-state index contributed by atoms with van der Waals surface area (Å²) in [7, 11) is 1.85. The van der Waals surface area contributed by atoms with Gasteiger partial charge in [0.2, 0.25) is 0 Å². The zero-order chi connectivity index (χ0) is 17.1. The van der Waals surface area contributed by atoms with E-state index >= 15 is 0 Å². The summed E-state index contributed by atoms with van der Waals surface area (Å²) in [6.45, 7) is 0.655. The van der Waals surface area contributed by atoms with Gasteiger partial charge >= 0.3 is 0 Å². The normalized spacial score (nSPS) is 11.0. The van der Waals surface area contributed by atoms with Crippen LogP contribution in [0.5, 0.6) is 0 Å². The maximum atomic E-state index is 13.0. The Balaban J connectivity index is 1.95. The average molecular weight is 343 g/mol. The maximum absolute atomic E-state index is 13.0. The van der Waals surface area contributed by atoms with Gasteiger partial charge in [-0.25, -0.2) is 0 Å². The number of carbonyl (C=O) groups excluding carboxylic acids is 1. The number of amides is 1. The Kier molecular flexibility index (Phi) is 4.88. The molecular weight excluding hydrogens is 324 g/mol. The first-order chi connectivity index (χ1) is 11.6. The summed E-state index contributed by atoms with van der Waals surface area (Å²) in [6.07, 6.45) is 0. The lowest BCUT2D eigenvalue weighted by atomic mass is 10.2. The van der Waals surface area contributed by atoms with E-state index in [2.05, 4.69) is 0 Å². The molecule has 4 nitrogen and oxygen atoms in total. The molecule has 1 heterocycles. The lowest BCUT2D eigenvalue weighted by molar-refractivity contribution is 0.0698. The molecule has 0 unspecified atom stereocenters. The zero-order valence-electron chi connectivity index (χ0n) is 13.4. The predicted octanol–water partition coefficient (Wildman–Crippen LogP) is 3.47. The SMILES string of the molecule is Cn1c(C(=O)N(CCO)Cc2ccccc2)cc2c(Cl)cccc21. The standard InChI is InChI=1S/C19H19ClN2O2/c1-21-17-9-5-8-16(20)15(17)12-18(21)19(24)22(10-11-23)13-14-6-3-2-4-7-14/h2-9,12,23H,10-11,13H2,1H3. The van der Waals surface area contributed by atoms with Gasteiger partial charge < -0.3 is 14.6 Å². The highest BCUT2D eigenvalue weighted by molar-refractivity contribution is 6.35. The largest absolute Gasteiger partial charge is 0.395 e. The van der Waals surface area contributed by atoms with E-state index in [9.17, 15) is 9.90 Å². The van der Waals surface area contributed by atoms with Crippen molar-refractivity contribution in [1.82, 2.24) is 9.47 Å². The third kappa shape index (κ3) is 3.16. The van der Waals surface area contributed by atoms with E-state index in [1.54, 1.807) is 4.90 Å². The number of nitrogens with zero attached hydrogens (tertiary/aromatic N) is 2. The van der Waals surface area contributed by atoms with Crippen molar-refractivity contribution < 1.29 is 9.90 Å². The van der Waals surface area contributed by atoms with Crippen LogP contribution in [-0.2, 0) is 13.6 Å². The Hall–Kier alpha value is -2.30. The number of halogens is 1. The van der Waals surface area contributed by atoms with Crippen LogP contribution in [-0.4, -0.2) is 33.6 Å². The third-order valence-electron chi connectivity index (χ3n) is 4.13. The number of aromatic nitrogens is 1. The van der Waals surface area contributed by atoms with Crippen LogP contribution in [0.2, 0.25) is 5.02 Å². The van der Waals surface area contributed by atoms with Crippen molar-refractivity contribution >= 4 is 28.4 Å². The van der Waals surface area contributed by atoms with Crippen molar-refractivity contribution in [2.75, 3.05) is 13.2 Å². The number of rotatable bonds is 5. The van der Waals surface area contributed by atoms with Crippen molar-refractivity contribution in [3.05, 3.63) is 70.9 Å². The topological polar surface area (TPSA) is 45.5 Å². The Morgan fingerprint density at radius 3 is 2.58 bits per heavy atom. The first kappa shape index (κ1) is 16.6. The molecular formula is C19H19ClN2O2. The van der Waals surface area contributed by atoms with Crippen molar-refractivity contribution in [1.29, 1.82) is 0 Å². The molecule has 0 spiro atoms. The van der Waals surface area contributed by atoms with Crippen LogP contribution in [0.15, 0.2) is 54.6 Å². The maximum Gasteiger partial charge on any atom is 0.270 e. The fraction of sp³-hybridized carbons (Fsp3) is 0.211. The Labute approximate surface area is 145 Å². The quantitative estimate of drug-likeness (QED) is 0.771. The van der Waals surface area contributed by atoms with Crippen LogP contribution in [0.1, 0.15) is 16.1 Å². The Morgan fingerprint density at radius 1 is 1.17 bits per heavy atom. The highest BCUT2D eigenvalue weighted by atomic mass is 35.5. The molecule has 0 fully saturated rings. The molecule has 0 bridgehead atoms. The number of benzene rings is 2. The molecule has 0 aliphatic heterocycles. The molecule has 0 radical (unpaired) electrons. The van der Waals surface area contributed by atoms with E-state index < -0.39 is 0 Å². The van der Waals surface area contributed by atoms with E-state index in [0.717, 1.165) is 16.5 Å². The van der Waals surface area contributed by atoms with Gasteiger partial charge in [-0.2, -0.15) is 0 Å². The summed E-state index contributed by atoms with van der Waals surface area (Å²) >= 11 is 6.24. The smallest absolute Gasteiger partial charge is 0.270 e. The molecule has 0 aliphatic rings.